The Hall–Kier alpha value is -2.14. The molecule has 2 rings (SSSR count). The maximum absolute atomic E-state index is 13.1. The SMILES string of the molecule is C[N+](C)(CCOc1cccc(F)c1)CCOc1cccc(F)c1. The first-order valence-corrected chi connectivity index (χ1v) is 7.53. The molecule has 0 atom stereocenters. The van der Waals surface area contributed by atoms with Gasteiger partial charge in [-0.05, 0) is 24.3 Å². The summed E-state index contributed by atoms with van der Waals surface area (Å²) in [7, 11) is 4.12. The summed E-state index contributed by atoms with van der Waals surface area (Å²) in [6, 6.07) is 12.2. The molecule has 0 radical (unpaired) electrons. The van der Waals surface area contributed by atoms with Gasteiger partial charge in [-0.1, -0.05) is 12.1 Å². The van der Waals surface area contributed by atoms with Crippen molar-refractivity contribution in [3.8, 4) is 11.5 Å². The van der Waals surface area contributed by atoms with Gasteiger partial charge in [0.15, 0.2) is 0 Å². The molecule has 5 heteroatoms. The Morgan fingerprint density at radius 1 is 0.783 bits per heavy atom. The zero-order valence-corrected chi connectivity index (χ0v) is 13.5. The van der Waals surface area contributed by atoms with E-state index in [1.165, 1.54) is 24.3 Å². The smallest absolute Gasteiger partial charge is 0.137 e. The Morgan fingerprint density at radius 3 is 1.61 bits per heavy atom. The van der Waals surface area contributed by atoms with Crippen molar-refractivity contribution in [2.45, 2.75) is 0 Å². The molecule has 0 saturated heterocycles. The highest BCUT2D eigenvalue weighted by Crippen LogP contribution is 2.13. The summed E-state index contributed by atoms with van der Waals surface area (Å²) < 4.78 is 37.9. The molecule has 2 aromatic carbocycles. The van der Waals surface area contributed by atoms with E-state index >= 15 is 0 Å². The highest BCUT2D eigenvalue weighted by atomic mass is 19.1. The van der Waals surface area contributed by atoms with Crippen LogP contribution >= 0.6 is 0 Å². The van der Waals surface area contributed by atoms with Crippen molar-refractivity contribution in [1.29, 1.82) is 0 Å². The fraction of sp³-hybridized carbons (Fsp3) is 0.333. The third-order valence-electron chi connectivity index (χ3n) is 3.52. The molecule has 0 aromatic heterocycles. The third-order valence-corrected chi connectivity index (χ3v) is 3.52. The fourth-order valence-corrected chi connectivity index (χ4v) is 2.05. The number of quaternary nitrogens is 1. The molecule has 0 aliphatic heterocycles. The van der Waals surface area contributed by atoms with Gasteiger partial charge in [0.05, 0.1) is 14.1 Å². The Balaban J connectivity index is 1.71. The van der Waals surface area contributed by atoms with Crippen LogP contribution in [0.2, 0.25) is 0 Å². The summed E-state index contributed by atoms with van der Waals surface area (Å²) in [5.41, 5.74) is 0. The van der Waals surface area contributed by atoms with Crippen molar-refractivity contribution in [2.75, 3.05) is 40.4 Å². The molecule has 0 aliphatic carbocycles. The van der Waals surface area contributed by atoms with Crippen molar-refractivity contribution in [2.24, 2.45) is 0 Å². The second-order valence-electron chi connectivity index (χ2n) is 5.99. The minimum Gasteiger partial charge on any atom is -0.488 e. The van der Waals surface area contributed by atoms with E-state index < -0.39 is 0 Å². The normalized spacial score (nSPS) is 11.3. The van der Waals surface area contributed by atoms with Gasteiger partial charge in [0.2, 0.25) is 0 Å². The number of nitrogens with zero attached hydrogens (tertiary/aromatic N) is 1. The number of ether oxygens (including phenoxy) is 2. The van der Waals surface area contributed by atoms with Crippen LogP contribution in [0, 0.1) is 11.6 Å². The van der Waals surface area contributed by atoms with Crippen molar-refractivity contribution in [3.63, 3.8) is 0 Å². The van der Waals surface area contributed by atoms with Gasteiger partial charge in [0.25, 0.3) is 0 Å². The minimum atomic E-state index is -0.306. The summed E-state index contributed by atoms with van der Waals surface area (Å²) in [6.45, 7) is 2.47. The molecule has 3 nitrogen and oxygen atoms in total. The maximum Gasteiger partial charge on any atom is 0.137 e. The van der Waals surface area contributed by atoms with Crippen LogP contribution in [0.25, 0.3) is 0 Å². The van der Waals surface area contributed by atoms with Gasteiger partial charge >= 0.3 is 0 Å². The molecule has 0 N–H and O–H groups in total. The molecule has 0 spiro atoms. The molecule has 0 unspecified atom stereocenters. The zero-order chi connectivity index (χ0) is 16.7. The number of hydrogen-bond acceptors (Lipinski definition) is 2. The molecule has 0 heterocycles. The number of likely N-dealkylation sites (N-methyl/N-ethyl adjacent to an activating group) is 1. The predicted molar refractivity (Wildman–Crippen MR) is 85.6 cm³/mol. The lowest BCUT2D eigenvalue weighted by molar-refractivity contribution is -0.890. The van der Waals surface area contributed by atoms with E-state index in [9.17, 15) is 8.78 Å². The van der Waals surface area contributed by atoms with Crippen LogP contribution in [0.3, 0.4) is 0 Å². The molecule has 124 valence electrons. The number of hydrogen-bond donors (Lipinski definition) is 0. The van der Waals surface area contributed by atoms with E-state index in [2.05, 4.69) is 14.1 Å². The maximum atomic E-state index is 13.1. The van der Waals surface area contributed by atoms with Gasteiger partial charge in [-0.15, -0.1) is 0 Å². The average Bonchev–Trinajstić information content (AvgIpc) is 2.47. The summed E-state index contributed by atoms with van der Waals surface area (Å²) in [5.74, 6) is 0.446. The first-order chi connectivity index (χ1) is 10.9. The lowest BCUT2D eigenvalue weighted by Gasteiger charge is -2.29. The third kappa shape index (κ3) is 6.24. The second kappa shape index (κ2) is 7.92. The van der Waals surface area contributed by atoms with Gasteiger partial charge in [-0.3, -0.25) is 0 Å². The highest BCUT2D eigenvalue weighted by molar-refractivity contribution is 5.22. The van der Waals surface area contributed by atoms with E-state index in [4.69, 9.17) is 9.47 Å². The molecule has 0 amide bonds. The summed E-state index contributed by atoms with van der Waals surface area (Å²) in [5, 5.41) is 0. The van der Waals surface area contributed by atoms with Gasteiger partial charge in [0, 0.05) is 12.1 Å². The first kappa shape index (κ1) is 17.2. The van der Waals surface area contributed by atoms with E-state index in [0.29, 0.717) is 29.2 Å². The van der Waals surface area contributed by atoms with Gasteiger partial charge < -0.3 is 14.0 Å². The lowest BCUT2D eigenvalue weighted by atomic mass is 10.3. The minimum absolute atomic E-state index is 0.306. The van der Waals surface area contributed by atoms with Crippen molar-refractivity contribution >= 4 is 0 Å². The van der Waals surface area contributed by atoms with E-state index in [0.717, 1.165) is 13.1 Å². The summed E-state index contributed by atoms with van der Waals surface area (Å²) in [4.78, 5) is 0. The van der Waals surface area contributed by atoms with Gasteiger partial charge in [-0.2, -0.15) is 0 Å². The van der Waals surface area contributed by atoms with Crippen LogP contribution < -0.4 is 9.47 Å². The van der Waals surface area contributed by atoms with E-state index in [1.54, 1.807) is 24.3 Å². The summed E-state index contributed by atoms with van der Waals surface area (Å²) >= 11 is 0. The molecule has 0 bridgehead atoms. The first-order valence-electron chi connectivity index (χ1n) is 7.53. The van der Waals surface area contributed by atoms with Crippen LogP contribution in [0.1, 0.15) is 0 Å². The number of halogens is 2. The van der Waals surface area contributed by atoms with Crippen LogP contribution in [-0.4, -0.2) is 44.9 Å². The van der Waals surface area contributed by atoms with Crippen LogP contribution in [0.15, 0.2) is 48.5 Å². The Kier molecular flexibility index (Phi) is 5.93. The molecule has 23 heavy (non-hydrogen) atoms. The van der Waals surface area contributed by atoms with Gasteiger partial charge in [-0.25, -0.2) is 8.78 Å². The quantitative estimate of drug-likeness (QED) is 0.693. The summed E-state index contributed by atoms with van der Waals surface area (Å²) in [6.07, 6.45) is 0. The predicted octanol–water partition coefficient (Wildman–Crippen LogP) is 3.50. The number of benzene rings is 2. The van der Waals surface area contributed by atoms with Crippen molar-refractivity contribution in [3.05, 3.63) is 60.2 Å². The molecule has 0 aliphatic rings. The van der Waals surface area contributed by atoms with Crippen LogP contribution in [-0.2, 0) is 0 Å². The molecule has 2 aromatic rings. The monoisotopic (exact) mass is 322 g/mol. The lowest BCUT2D eigenvalue weighted by Crippen LogP contribution is -2.45. The average molecular weight is 322 g/mol. The topological polar surface area (TPSA) is 18.5 Å². The van der Waals surface area contributed by atoms with Crippen LogP contribution in [0.5, 0.6) is 11.5 Å². The zero-order valence-electron chi connectivity index (χ0n) is 13.5. The highest BCUT2D eigenvalue weighted by Gasteiger charge is 2.15. The largest absolute Gasteiger partial charge is 0.488 e. The van der Waals surface area contributed by atoms with Crippen molar-refractivity contribution < 1.29 is 22.7 Å². The molecular weight excluding hydrogens is 300 g/mol. The van der Waals surface area contributed by atoms with E-state index in [-0.39, 0.29) is 11.6 Å². The van der Waals surface area contributed by atoms with E-state index in [1.807, 2.05) is 0 Å². The fourth-order valence-electron chi connectivity index (χ4n) is 2.05. The Morgan fingerprint density at radius 2 is 1.22 bits per heavy atom. The number of rotatable bonds is 8. The standard InChI is InChI=1S/C18H22F2NO2/c1-21(2,9-11-22-17-7-3-5-15(19)13-17)10-12-23-18-8-4-6-16(20)14-18/h3-8,13-14H,9-12H2,1-2H3/q+1. The second-order valence-corrected chi connectivity index (χ2v) is 5.99. The van der Waals surface area contributed by atoms with Gasteiger partial charge in [0.1, 0.15) is 49.4 Å². The molecule has 0 saturated carbocycles. The van der Waals surface area contributed by atoms with Crippen LogP contribution in [0.4, 0.5) is 8.78 Å². The van der Waals surface area contributed by atoms with Crippen molar-refractivity contribution in [1.82, 2.24) is 0 Å². The molecule has 0 fully saturated rings. The Bertz CT molecular complexity index is 578. The molecular formula is C18H22F2NO2+. The Labute approximate surface area is 135 Å².